The second kappa shape index (κ2) is 6.26. The highest BCUT2D eigenvalue weighted by Gasteiger charge is 2.15. The Labute approximate surface area is 115 Å². The molecule has 0 radical (unpaired) electrons. The topological polar surface area (TPSA) is 114 Å². The maximum atomic E-state index is 12.0. The molecule has 0 aliphatic carbocycles. The molecule has 2 aromatic rings. The number of aliphatic hydroxyl groups excluding tert-OH is 1. The summed E-state index contributed by atoms with van der Waals surface area (Å²) in [4.78, 5) is 3.77. The lowest BCUT2D eigenvalue weighted by molar-refractivity contribution is 0.201. The van der Waals surface area contributed by atoms with E-state index in [9.17, 15) is 8.42 Å². The molecular formula is C11H12N4O4S. The molecule has 1 aromatic heterocycles. The van der Waals surface area contributed by atoms with Crippen LogP contribution in [0.5, 0.6) is 5.75 Å². The fourth-order valence-corrected chi connectivity index (χ4v) is 2.30. The molecule has 0 spiro atoms. The SMILES string of the molecule is O=S(=O)(Nc1nccnn1)c1ccc(OCCO)cc1. The number of nitrogens with zero attached hydrogens (tertiary/aromatic N) is 3. The van der Waals surface area contributed by atoms with Gasteiger partial charge in [-0.15, -0.1) is 5.10 Å². The fraction of sp³-hybridized carbons (Fsp3) is 0.182. The van der Waals surface area contributed by atoms with Crippen molar-refractivity contribution in [3.8, 4) is 5.75 Å². The zero-order valence-electron chi connectivity index (χ0n) is 10.3. The molecule has 0 aliphatic rings. The molecule has 8 nitrogen and oxygen atoms in total. The van der Waals surface area contributed by atoms with E-state index in [2.05, 4.69) is 19.9 Å². The summed E-state index contributed by atoms with van der Waals surface area (Å²) in [5.41, 5.74) is 0. The van der Waals surface area contributed by atoms with Gasteiger partial charge in [0.1, 0.15) is 12.4 Å². The summed E-state index contributed by atoms with van der Waals surface area (Å²) in [6, 6.07) is 5.75. The van der Waals surface area contributed by atoms with Gasteiger partial charge in [0, 0.05) is 0 Å². The van der Waals surface area contributed by atoms with Crippen LogP contribution in [-0.2, 0) is 10.0 Å². The summed E-state index contributed by atoms with van der Waals surface area (Å²) in [5.74, 6) is 0.365. The molecule has 0 amide bonds. The standard InChI is InChI=1S/C11H12N4O4S/c16-7-8-19-9-1-3-10(4-2-9)20(17,18)15-11-12-5-6-13-14-11/h1-6,16H,7-8H2,(H,12,14,15). The van der Waals surface area contributed by atoms with Crippen molar-refractivity contribution in [1.82, 2.24) is 15.2 Å². The summed E-state index contributed by atoms with van der Waals surface area (Å²) in [7, 11) is -3.77. The van der Waals surface area contributed by atoms with E-state index in [4.69, 9.17) is 9.84 Å². The van der Waals surface area contributed by atoms with Crippen LogP contribution in [0.3, 0.4) is 0 Å². The van der Waals surface area contributed by atoms with Gasteiger partial charge in [-0.2, -0.15) is 5.10 Å². The normalized spacial score (nSPS) is 11.1. The maximum absolute atomic E-state index is 12.0. The number of aromatic nitrogens is 3. The number of benzene rings is 1. The minimum Gasteiger partial charge on any atom is -0.491 e. The van der Waals surface area contributed by atoms with Crippen LogP contribution < -0.4 is 9.46 Å². The first-order valence-electron chi connectivity index (χ1n) is 5.62. The Morgan fingerprint density at radius 3 is 2.55 bits per heavy atom. The van der Waals surface area contributed by atoms with Crippen LogP contribution in [0.4, 0.5) is 5.95 Å². The zero-order chi connectivity index (χ0) is 14.4. The van der Waals surface area contributed by atoms with Crippen molar-refractivity contribution in [3.05, 3.63) is 36.7 Å². The molecule has 0 unspecified atom stereocenters. The van der Waals surface area contributed by atoms with Gasteiger partial charge in [0.15, 0.2) is 0 Å². The summed E-state index contributed by atoms with van der Waals surface area (Å²) < 4.78 is 31.4. The van der Waals surface area contributed by atoms with E-state index in [0.717, 1.165) is 0 Å². The third-order valence-corrected chi connectivity index (χ3v) is 3.55. The quantitative estimate of drug-likeness (QED) is 0.773. The molecule has 20 heavy (non-hydrogen) atoms. The Morgan fingerprint density at radius 2 is 1.95 bits per heavy atom. The summed E-state index contributed by atoms with van der Waals surface area (Å²) >= 11 is 0. The third kappa shape index (κ3) is 3.62. The van der Waals surface area contributed by atoms with E-state index < -0.39 is 10.0 Å². The largest absolute Gasteiger partial charge is 0.491 e. The number of anilines is 1. The fourth-order valence-electron chi connectivity index (χ4n) is 1.35. The summed E-state index contributed by atoms with van der Waals surface area (Å²) in [6.07, 6.45) is 2.67. The summed E-state index contributed by atoms with van der Waals surface area (Å²) in [6.45, 7) is 0.0355. The Morgan fingerprint density at radius 1 is 1.20 bits per heavy atom. The van der Waals surface area contributed by atoms with E-state index in [1.54, 1.807) is 0 Å². The maximum Gasteiger partial charge on any atom is 0.264 e. The number of ether oxygens (including phenoxy) is 1. The highest BCUT2D eigenvalue weighted by atomic mass is 32.2. The number of hydrogen-bond acceptors (Lipinski definition) is 7. The number of hydrogen-bond donors (Lipinski definition) is 2. The van der Waals surface area contributed by atoms with E-state index in [1.807, 2.05) is 0 Å². The van der Waals surface area contributed by atoms with Crippen molar-refractivity contribution in [2.45, 2.75) is 4.90 Å². The first-order chi connectivity index (χ1) is 9.62. The number of sulfonamides is 1. The molecule has 9 heteroatoms. The highest BCUT2D eigenvalue weighted by molar-refractivity contribution is 7.92. The van der Waals surface area contributed by atoms with E-state index in [-0.39, 0.29) is 24.1 Å². The zero-order valence-corrected chi connectivity index (χ0v) is 11.1. The molecule has 1 heterocycles. The molecule has 2 rings (SSSR count). The number of aliphatic hydroxyl groups is 1. The Hall–Kier alpha value is -2.26. The lowest BCUT2D eigenvalue weighted by Crippen LogP contribution is -2.15. The lowest BCUT2D eigenvalue weighted by Gasteiger charge is -2.07. The van der Waals surface area contributed by atoms with Crippen molar-refractivity contribution in [2.24, 2.45) is 0 Å². The molecule has 106 valence electrons. The Bertz CT molecular complexity index is 646. The minimum absolute atomic E-state index is 0.0429. The average molecular weight is 296 g/mol. The minimum atomic E-state index is -3.77. The van der Waals surface area contributed by atoms with Gasteiger partial charge >= 0.3 is 0 Å². The van der Waals surface area contributed by atoms with Crippen LogP contribution in [0, 0.1) is 0 Å². The van der Waals surface area contributed by atoms with Crippen LogP contribution in [0.2, 0.25) is 0 Å². The van der Waals surface area contributed by atoms with Crippen LogP contribution in [0.15, 0.2) is 41.6 Å². The summed E-state index contributed by atoms with van der Waals surface area (Å²) in [5, 5.41) is 15.7. The average Bonchev–Trinajstić information content (AvgIpc) is 2.46. The van der Waals surface area contributed by atoms with Gasteiger partial charge in [0.25, 0.3) is 16.0 Å². The molecule has 0 bridgehead atoms. The molecule has 1 aromatic carbocycles. The first-order valence-corrected chi connectivity index (χ1v) is 7.10. The van der Waals surface area contributed by atoms with Crippen molar-refractivity contribution < 1.29 is 18.3 Å². The van der Waals surface area contributed by atoms with E-state index in [1.165, 1.54) is 36.7 Å². The van der Waals surface area contributed by atoms with Gasteiger partial charge in [-0.1, -0.05) is 0 Å². The van der Waals surface area contributed by atoms with Crippen LogP contribution >= 0.6 is 0 Å². The van der Waals surface area contributed by atoms with Gasteiger partial charge in [0.05, 0.1) is 23.9 Å². The first kappa shape index (κ1) is 14.2. The van der Waals surface area contributed by atoms with Gasteiger partial charge in [-0.3, -0.25) is 0 Å². The van der Waals surface area contributed by atoms with Crippen LogP contribution in [0.1, 0.15) is 0 Å². The van der Waals surface area contributed by atoms with E-state index in [0.29, 0.717) is 5.75 Å². The number of nitrogens with one attached hydrogen (secondary N) is 1. The molecule has 0 saturated heterocycles. The molecule has 0 aliphatic heterocycles. The van der Waals surface area contributed by atoms with Gasteiger partial charge in [-0.05, 0) is 24.3 Å². The second-order valence-corrected chi connectivity index (χ2v) is 5.30. The number of rotatable bonds is 6. The molecular weight excluding hydrogens is 284 g/mol. The van der Waals surface area contributed by atoms with Crippen LogP contribution in [0.25, 0.3) is 0 Å². The third-order valence-electron chi connectivity index (χ3n) is 2.20. The van der Waals surface area contributed by atoms with Gasteiger partial charge in [-0.25, -0.2) is 18.1 Å². The Kier molecular flexibility index (Phi) is 4.43. The van der Waals surface area contributed by atoms with Crippen molar-refractivity contribution in [2.75, 3.05) is 17.9 Å². The van der Waals surface area contributed by atoms with Crippen molar-refractivity contribution in [3.63, 3.8) is 0 Å². The lowest BCUT2D eigenvalue weighted by atomic mass is 10.3. The molecule has 0 atom stereocenters. The van der Waals surface area contributed by atoms with Crippen molar-refractivity contribution >= 4 is 16.0 Å². The molecule has 0 fully saturated rings. The monoisotopic (exact) mass is 296 g/mol. The van der Waals surface area contributed by atoms with Crippen LogP contribution in [-0.4, -0.2) is 41.9 Å². The Balaban J connectivity index is 2.13. The second-order valence-electron chi connectivity index (χ2n) is 3.62. The van der Waals surface area contributed by atoms with Crippen molar-refractivity contribution in [1.29, 1.82) is 0 Å². The van der Waals surface area contributed by atoms with E-state index >= 15 is 0 Å². The molecule has 0 saturated carbocycles. The van der Waals surface area contributed by atoms with Gasteiger partial charge < -0.3 is 9.84 Å². The molecule has 2 N–H and O–H groups in total. The predicted octanol–water partition coefficient (Wildman–Crippen LogP) is 0.0435. The predicted molar refractivity (Wildman–Crippen MR) is 69.7 cm³/mol. The van der Waals surface area contributed by atoms with Gasteiger partial charge in [0.2, 0.25) is 0 Å². The smallest absolute Gasteiger partial charge is 0.264 e. The highest BCUT2D eigenvalue weighted by Crippen LogP contribution is 2.17.